The minimum Gasteiger partial charge on any atom is -0.292 e. The van der Waals surface area contributed by atoms with Crippen LogP contribution < -0.4 is 0 Å². The highest BCUT2D eigenvalue weighted by Gasteiger charge is 2.45. The smallest absolute Gasteiger partial charge is 0.0450 e. The van der Waals surface area contributed by atoms with Crippen LogP contribution in [0.25, 0.3) is 0 Å². The van der Waals surface area contributed by atoms with Gasteiger partial charge in [-0.1, -0.05) is 20.8 Å². The summed E-state index contributed by atoms with van der Waals surface area (Å²) in [5.41, 5.74) is 0.391. The maximum atomic E-state index is 2.48. The first-order chi connectivity index (χ1) is 5.25. The Morgan fingerprint density at radius 3 is 2.00 bits per heavy atom. The van der Waals surface area contributed by atoms with E-state index in [1.165, 1.54) is 5.88 Å². The molecule has 1 unspecified atom stereocenters. The third-order valence-electron chi connectivity index (χ3n) is 2.56. The van der Waals surface area contributed by atoms with Crippen LogP contribution in [0.5, 0.6) is 0 Å². The number of rotatable bonds is 0. The van der Waals surface area contributed by atoms with Crippen molar-refractivity contribution in [2.24, 2.45) is 5.41 Å². The molecule has 0 aromatic rings. The van der Waals surface area contributed by atoms with E-state index in [1.54, 1.807) is 0 Å². The Morgan fingerprint density at radius 1 is 1.33 bits per heavy atom. The minimum absolute atomic E-state index is 0.391. The molecule has 72 valence electrons. The average Bonchev–Trinajstić information content (AvgIpc) is 2.03. The average molecular weight is 187 g/mol. The van der Waals surface area contributed by atoms with Gasteiger partial charge in [-0.25, -0.2) is 0 Å². The third-order valence-corrected chi connectivity index (χ3v) is 4.06. The zero-order chi connectivity index (χ0) is 9.57. The summed E-state index contributed by atoms with van der Waals surface area (Å²) in [5.74, 6) is 1.18. The minimum atomic E-state index is 0.391. The molecule has 0 bridgehead atoms. The molecule has 1 saturated heterocycles. The molecule has 2 heteroatoms. The maximum absolute atomic E-state index is 2.48. The molecule has 0 amide bonds. The molecule has 1 rings (SSSR count). The fraction of sp³-hybridized carbons (Fsp3) is 1.00. The lowest BCUT2D eigenvalue weighted by atomic mass is 9.79. The maximum Gasteiger partial charge on any atom is 0.0450 e. The molecule has 0 saturated carbocycles. The number of hydrogen-bond donors (Lipinski definition) is 0. The van der Waals surface area contributed by atoms with Gasteiger partial charge < -0.3 is 0 Å². The standard InChI is InChI=1S/C10H21NS/c1-9(2,3)8-10(4,5)12-7-11(8)6/h8H,7H2,1-6H3. The summed E-state index contributed by atoms with van der Waals surface area (Å²) in [7, 11) is 2.23. The Balaban J connectivity index is 2.86. The Kier molecular flexibility index (Phi) is 2.52. The van der Waals surface area contributed by atoms with Gasteiger partial charge in [0.2, 0.25) is 0 Å². The van der Waals surface area contributed by atoms with E-state index < -0.39 is 0 Å². The molecule has 0 aromatic carbocycles. The zero-order valence-corrected chi connectivity index (χ0v) is 9.96. The molecular formula is C10H21NS. The van der Waals surface area contributed by atoms with E-state index in [0.717, 1.165) is 0 Å². The van der Waals surface area contributed by atoms with Crippen molar-refractivity contribution in [2.75, 3.05) is 12.9 Å². The number of thioether (sulfide) groups is 1. The molecule has 1 aliphatic heterocycles. The van der Waals surface area contributed by atoms with Crippen LogP contribution in [-0.4, -0.2) is 28.6 Å². The summed E-state index contributed by atoms with van der Waals surface area (Å²) in [5, 5.41) is 0. The lowest BCUT2D eigenvalue weighted by Crippen LogP contribution is -2.47. The first-order valence-electron chi connectivity index (χ1n) is 4.59. The summed E-state index contributed by atoms with van der Waals surface area (Å²) in [6.07, 6.45) is 0. The van der Waals surface area contributed by atoms with E-state index in [2.05, 4.69) is 58.3 Å². The van der Waals surface area contributed by atoms with Crippen LogP contribution in [0, 0.1) is 5.41 Å². The fourth-order valence-corrected chi connectivity index (χ4v) is 4.03. The Hall–Kier alpha value is 0.310. The summed E-state index contributed by atoms with van der Waals surface area (Å²) < 4.78 is 0.410. The third kappa shape index (κ3) is 1.80. The normalized spacial score (nSPS) is 31.0. The van der Waals surface area contributed by atoms with Crippen LogP contribution in [0.4, 0.5) is 0 Å². The molecule has 0 N–H and O–H groups in total. The second kappa shape index (κ2) is 2.91. The van der Waals surface area contributed by atoms with Gasteiger partial charge in [-0.15, -0.1) is 11.8 Å². The summed E-state index contributed by atoms with van der Waals surface area (Å²) in [4.78, 5) is 2.48. The van der Waals surface area contributed by atoms with Gasteiger partial charge in [0.15, 0.2) is 0 Å². The summed E-state index contributed by atoms with van der Waals surface area (Å²) in [6, 6.07) is 0.690. The van der Waals surface area contributed by atoms with E-state index in [1.807, 2.05) is 0 Å². The van der Waals surface area contributed by atoms with Crippen molar-refractivity contribution in [1.82, 2.24) is 4.90 Å². The van der Waals surface area contributed by atoms with Gasteiger partial charge in [0.1, 0.15) is 0 Å². The quantitative estimate of drug-likeness (QED) is 0.574. The Morgan fingerprint density at radius 2 is 1.83 bits per heavy atom. The van der Waals surface area contributed by atoms with Crippen LogP contribution in [0.1, 0.15) is 34.6 Å². The van der Waals surface area contributed by atoms with Crippen molar-refractivity contribution in [3.8, 4) is 0 Å². The first kappa shape index (κ1) is 10.4. The molecule has 0 aliphatic carbocycles. The van der Waals surface area contributed by atoms with Crippen LogP contribution in [0.15, 0.2) is 0 Å². The molecule has 0 spiro atoms. The van der Waals surface area contributed by atoms with Gasteiger partial charge in [0, 0.05) is 16.7 Å². The number of nitrogens with zero attached hydrogens (tertiary/aromatic N) is 1. The predicted molar refractivity (Wildman–Crippen MR) is 57.5 cm³/mol. The van der Waals surface area contributed by atoms with E-state index in [4.69, 9.17) is 0 Å². The van der Waals surface area contributed by atoms with Crippen LogP contribution in [0.3, 0.4) is 0 Å². The van der Waals surface area contributed by atoms with Crippen LogP contribution in [-0.2, 0) is 0 Å². The summed E-state index contributed by atoms with van der Waals surface area (Å²) in [6.45, 7) is 11.7. The topological polar surface area (TPSA) is 3.24 Å². The van der Waals surface area contributed by atoms with E-state index >= 15 is 0 Å². The predicted octanol–water partition coefficient (Wildman–Crippen LogP) is 2.82. The monoisotopic (exact) mass is 187 g/mol. The molecule has 0 aromatic heterocycles. The summed E-state index contributed by atoms with van der Waals surface area (Å²) >= 11 is 2.07. The number of hydrogen-bond acceptors (Lipinski definition) is 2. The first-order valence-corrected chi connectivity index (χ1v) is 5.58. The van der Waals surface area contributed by atoms with Crippen LogP contribution in [0.2, 0.25) is 0 Å². The van der Waals surface area contributed by atoms with Crippen molar-refractivity contribution < 1.29 is 0 Å². The molecule has 12 heavy (non-hydrogen) atoms. The van der Waals surface area contributed by atoms with Crippen molar-refractivity contribution in [1.29, 1.82) is 0 Å². The highest BCUT2D eigenvalue weighted by Crippen LogP contribution is 2.45. The Bertz CT molecular complexity index is 169. The lowest BCUT2D eigenvalue weighted by Gasteiger charge is -2.40. The van der Waals surface area contributed by atoms with Gasteiger partial charge in [0.25, 0.3) is 0 Å². The Labute approximate surface area is 80.9 Å². The molecule has 1 fully saturated rings. The highest BCUT2D eigenvalue weighted by molar-refractivity contribution is 8.00. The van der Waals surface area contributed by atoms with Crippen molar-refractivity contribution in [2.45, 2.75) is 45.4 Å². The van der Waals surface area contributed by atoms with Gasteiger partial charge in [-0.2, -0.15) is 0 Å². The second-order valence-electron chi connectivity index (χ2n) is 5.40. The largest absolute Gasteiger partial charge is 0.292 e. The SMILES string of the molecule is CN1CSC(C)(C)C1C(C)(C)C. The second-order valence-corrected chi connectivity index (χ2v) is 7.00. The van der Waals surface area contributed by atoms with E-state index in [9.17, 15) is 0 Å². The van der Waals surface area contributed by atoms with Crippen molar-refractivity contribution >= 4 is 11.8 Å². The molecule has 1 heterocycles. The molecule has 1 nitrogen and oxygen atoms in total. The van der Waals surface area contributed by atoms with Gasteiger partial charge in [-0.3, -0.25) is 4.90 Å². The van der Waals surface area contributed by atoms with Gasteiger partial charge in [-0.05, 0) is 26.3 Å². The highest BCUT2D eigenvalue weighted by atomic mass is 32.2. The molecule has 1 aliphatic rings. The molecule has 1 atom stereocenters. The van der Waals surface area contributed by atoms with Crippen LogP contribution >= 0.6 is 11.8 Å². The molecular weight excluding hydrogens is 166 g/mol. The van der Waals surface area contributed by atoms with Gasteiger partial charge >= 0.3 is 0 Å². The van der Waals surface area contributed by atoms with Crippen molar-refractivity contribution in [3.63, 3.8) is 0 Å². The van der Waals surface area contributed by atoms with E-state index in [-0.39, 0.29) is 0 Å². The van der Waals surface area contributed by atoms with Crippen molar-refractivity contribution in [3.05, 3.63) is 0 Å². The fourth-order valence-electron chi connectivity index (χ4n) is 2.66. The van der Waals surface area contributed by atoms with Gasteiger partial charge in [0.05, 0.1) is 0 Å². The zero-order valence-electron chi connectivity index (χ0n) is 9.14. The molecule has 0 radical (unpaired) electrons. The van der Waals surface area contributed by atoms with E-state index in [0.29, 0.717) is 16.2 Å². The lowest BCUT2D eigenvalue weighted by molar-refractivity contribution is 0.134.